The molecule has 12 aromatic rings. The molecule has 0 saturated heterocycles. The van der Waals surface area contributed by atoms with Gasteiger partial charge in [0.15, 0.2) is 0 Å². The van der Waals surface area contributed by atoms with Gasteiger partial charge in [0.05, 0.1) is 44.8 Å². The summed E-state index contributed by atoms with van der Waals surface area (Å²) in [7, 11) is 0. The van der Waals surface area contributed by atoms with Gasteiger partial charge in [0.25, 0.3) is 0 Å². The third-order valence-corrected chi connectivity index (χ3v) is 11.8. The van der Waals surface area contributed by atoms with Crippen LogP contribution in [0.1, 0.15) is 0 Å². The van der Waals surface area contributed by atoms with E-state index in [1.165, 1.54) is 21.5 Å². The van der Waals surface area contributed by atoms with Crippen molar-refractivity contribution in [3.05, 3.63) is 206 Å². The molecular weight excluding hydrogens is 729 g/mol. The largest absolute Gasteiger partial charge is 0.245 e. The lowest BCUT2D eigenvalue weighted by Crippen LogP contribution is -1.91. The van der Waals surface area contributed by atoms with E-state index in [1.54, 1.807) is 0 Å². The fourth-order valence-corrected chi connectivity index (χ4v) is 8.54. The molecule has 0 aliphatic heterocycles. The zero-order valence-corrected chi connectivity index (χ0v) is 32.4. The van der Waals surface area contributed by atoms with Crippen LogP contribution in [0.2, 0.25) is 0 Å². The molecule has 4 aromatic heterocycles. The van der Waals surface area contributed by atoms with Crippen molar-refractivity contribution in [1.29, 1.82) is 0 Å². The molecule has 0 radical (unpaired) electrons. The minimum Gasteiger partial charge on any atom is -0.245 e. The summed E-state index contributed by atoms with van der Waals surface area (Å²) < 4.78 is 0. The number of pyridine rings is 4. The van der Waals surface area contributed by atoms with Crippen molar-refractivity contribution < 1.29 is 0 Å². The zero-order valence-electron chi connectivity index (χ0n) is 32.4. The molecular formula is C56H34N4. The van der Waals surface area contributed by atoms with E-state index < -0.39 is 0 Å². The number of rotatable bonds is 5. The van der Waals surface area contributed by atoms with Crippen molar-refractivity contribution in [2.45, 2.75) is 0 Å². The van der Waals surface area contributed by atoms with Gasteiger partial charge in [-0.15, -0.1) is 0 Å². The minimum atomic E-state index is 0.906. The number of hydrogen-bond acceptors (Lipinski definition) is 4. The fraction of sp³-hybridized carbons (Fsp3) is 0. The molecule has 0 N–H and O–H groups in total. The van der Waals surface area contributed by atoms with Crippen molar-refractivity contribution in [1.82, 2.24) is 19.9 Å². The first-order valence-electron chi connectivity index (χ1n) is 20.3. The van der Waals surface area contributed by atoms with Gasteiger partial charge in [-0.1, -0.05) is 170 Å². The molecule has 0 fully saturated rings. The summed E-state index contributed by atoms with van der Waals surface area (Å²) in [6, 6.07) is 72.8. The molecule has 4 heterocycles. The SMILES string of the molecule is c1ccc2cc(-c3ccc4ccc5ccc(-c6ccc(-c7ccc(-c8ccc9ccc%10ccc(-c%11ccc%12ccccc%12c%11)nc%10c9n8)cc7)cc6)nc5c4n3)ccc2c1. The predicted octanol–water partition coefficient (Wildman–Crippen LogP) is 14.5. The van der Waals surface area contributed by atoms with Crippen LogP contribution in [0.4, 0.5) is 0 Å². The summed E-state index contributed by atoms with van der Waals surface area (Å²) in [5.74, 6) is 0. The van der Waals surface area contributed by atoms with Gasteiger partial charge < -0.3 is 0 Å². The van der Waals surface area contributed by atoms with E-state index in [0.29, 0.717) is 0 Å². The molecule has 0 unspecified atom stereocenters. The number of aromatic nitrogens is 4. The predicted molar refractivity (Wildman–Crippen MR) is 250 cm³/mol. The van der Waals surface area contributed by atoms with E-state index >= 15 is 0 Å². The number of fused-ring (bicyclic) bond motifs is 8. The van der Waals surface area contributed by atoms with Gasteiger partial charge in [0, 0.05) is 43.8 Å². The molecule has 8 aromatic carbocycles. The maximum atomic E-state index is 5.20. The summed E-state index contributed by atoms with van der Waals surface area (Å²) in [6.07, 6.45) is 0. The van der Waals surface area contributed by atoms with Gasteiger partial charge in [-0.2, -0.15) is 0 Å². The third kappa shape index (κ3) is 5.93. The Morgan fingerprint density at radius 1 is 0.183 bits per heavy atom. The first kappa shape index (κ1) is 34.0. The Morgan fingerprint density at radius 3 is 0.783 bits per heavy atom. The smallest absolute Gasteiger partial charge is 0.0972 e. The van der Waals surface area contributed by atoms with Crippen molar-refractivity contribution >= 4 is 65.2 Å². The normalized spacial score (nSPS) is 11.7. The van der Waals surface area contributed by atoms with Crippen molar-refractivity contribution in [2.24, 2.45) is 0 Å². The number of nitrogens with zero attached hydrogens (tertiary/aromatic N) is 4. The van der Waals surface area contributed by atoms with Crippen LogP contribution in [0.5, 0.6) is 0 Å². The molecule has 0 atom stereocenters. The van der Waals surface area contributed by atoms with Crippen LogP contribution in [0.15, 0.2) is 206 Å². The highest BCUT2D eigenvalue weighted by atomic mass is 14.8. The maximum Gasteiger partial charge on any atom is 0.0972 e. The highest BCUT2D eigenvalue weighted by Gasteiger charge is 2.12. The monoisotopic (exact) mass is 762 g/mol. The average Bonchev–Trinajstić information content (AvgIpc) is 3.33. The molecule has 4 heteroatoms. The van der Waals surface area contributed by atoms with Crippen LogP contribution in [0, 0.1) is 0 Å². The van der Waals surface area contributed by atoms with Gasteiger partial charge in [0.1, 0.15) is 0 Å². The van der Waals surface area contributed by atoms with E-state index in [0.717, 1.165) is 99.8 Å². The molecule has 0 bridgehead atoms. The lowest BCUT2D eigenvalue weighted by Gasteiger charge is -2.10. The van der Waals surface area contributed by atoms with E-state index in [9.17, 15) is 0 Å². The Morgan fingerprint density at radius 2 is 0.433 bits per heavy atom. The van der Waals surface area contributed by atoms with Crippen molar-refractivity contribution in [3.63, 3.8) is 0 Å². The summed E-state index contributed by atoms with van der Waals surface area (Å²) in [5, 5.41) is 9.14. The summed E-state index contributed by atoms with van der Waals surface area (Å²) in [4.78, 5) is 20.8. The topological polar surface area (TPSA) is 51.6 Å². The van der Waals surface area contributed by atoms with Crippen molar-refractivity contribution in [3.8, 4) is 56.2 Å². The van der Waals surface area contributed by atoms with Crippen LogP contribution >= 0.6 is 0 Å². The Balaban J connectivity index is 0.835. The molecule has 12 rings (SSSR count). The molecule has 60 heavy (non-hydrogen) atoms. The average molecular weight is 763 g/mol. The van der Waals surface area contributed by atoms with Crippen LogP contribution < -0.4 is 0 Å². The first-order valence-corrected chi connectivity index (χ1v) is 20.3. The van der Waals surface area contributed by atoms with Gasteiger partial charge in [-0.25, -0.2) is 19.9 Å². The number of hydrogen-bond donors (Lipinski definition) is 0. The Bertz CT molecular complexity index is 3400. The quantitative estimate of drug-likeness (QED) is 0.164. The highest BCUT2D eigenvalue weighted by Crippen LogP contribution is 2.33. The van der Waals surface area contributed by atoms with Gasteiger partial charge in [-0.05, 0) is 69.1 Å². The minimum absolute atomic E-state index is 0.906. The highest BCUT2D eigenvalue weighted by molar-refractivity contribution is 6.05. The third-order valence-electron chi connectivity index (χ3n) is 11.8. The van der Waals surface area contributed by atoms with Crippen LogP contribution in [0.3, 0.4) is 0 Å². The zero-order chi connectivity index (χ0) is 39.6. The Labute approximate surface area is 346 Å². The van der Waals surface area contributed by atoms with E-state index in [4.69, 9.17) is 19.9 Å². The van der Waals surface area contributed by atoms with E-state index in [-0.39, 0.29) is 0 Å². The lowest BCUT2D eigenvalue weighted by molar-refractivity contribution is 1.36. The number of benzene rings is 8. The maximum absolute atomic E-state index is 5.20. The molecule has 0 aliphatic rings. The lowest BCUT2D eigenvalue weighted by atomic mass is 10.00. The fourth-order valence-electron chi connectivity index (χ4n) is 8.54. The molecule has 0 saturated carbocycles. The first-order chi connectivity index (χ1) is 29.7. The summed E-state index contributed by atoms with van der Waals surface area (Å²) in [5.41, 5.74) is 13.9. The molecule has 0 spiro atoms. The van der Waals surface area contributed by atoms with Crippen LogP contribution in [-0.2, 0) is 0 Å². The second-order valence-corrected chi connectivity index (χ2v) is 15.5. The molecule has 278 valence electrons. The van der Waals surface area contributed by atoms with Gasteiger partial charge >= 0.3 is 0 Å². The molecule has 0 aliphatic carbocycles. The molecule has 4 nitrogen and oxygen atoms in total. The standard InChI is InChI=1S/C56H34N4/c1-3-7-45-33-47(23-13-35(45)5-1)51-31-27-43-21-19-41-25-29-49(57-53(41)55(43)59-51)39-15-9-37(10-16-39)38-11-17-40(18-12-38)50-30-26-42-20-22-44-28-32-52(60-56(44)54(42)58-50)48-24-14-36-6-2-4-8-46(36)34-48/h1-34H. The molecule has 0 amide bonds. The Hall–Kier alpha value is -8.08. The summed E-state index contributed by atoms with van der Waals surface area (Å²) >= 11 is 0. The van der Waals surface area contributed by atoms with E-state index in [1.807, 2.05) is 0 Å². The summed E-state index contributed by atoms with van der Waals surface area (Å²) in [6.45, 7) is 0. The van der Waals surface area contributed by atoms with Gasteiger partial charge in [-0.3, -0.25) is 0 Å². The van der Waals surface area contributed by atoms with Crippen LogP contribution in [0.25, 0.3) is 121 Å². The second-order valence-electron chi connectivity index (χ2n) is 15.5. The Kier molecular flexibility index (Phi) is 7.82. The van der Waals surface area contributed by atoms with Crippen LogP contribution in [-0.4, -0.2) is 19.9 Å². The van der Waals surface area contributed by atoms with Gasteiger partial charge in [0.2, 0.25) is 0 Å². The van der Waals surface area contributed by atoms with Crippen molar-refractivity contribution in [2.75, 3.05) is 0 Å². The second kappa shape index (κ2) is 13.8. The van der Waals surface area contributed by atoms with E-state index in [2.05, 4.69) is 206 Å².